The van der Waals surface area contributed by atoms with Crippen LogP contribution < -0.4 is 0 Å². The Bertz CT molecular complexity index is 218. The van der Waals surface area contributed by atoms with Crippen LogP contribution in [0.3, 0.4) is 0 Å². The average Bonchev–Trinajstić information content (AvgIpc) is 2.23. The van der Waals surface area contributed by atoms with Crippen LogP contribution >= 0.6 is 0 Å². The van der Waals surface area contributed by atoms with Crippen molar-refractivity contribution in [2.24, 2.45) is 0 Å². The normalized spacial score (nSPS) is 14.8. The van der Waals surface area contributed by atoms with Crippen LogP contribution in [0.4, 0.5) is 22.0 Å². The smallest absolute Gasteiger partial charge is 0.353 e. The zero-order chi connectivity index (χ0) is 14.2. The maximum Gasteiger partial charge on any atom is 0.453 e. The first kappa shape index (κ1) is 17.6. The number of unbranched alkanes of at least 4 members (excludes halogenated alkanes) is 1. The minimum absolute atomic E-state index is 0.182. The van der Waals surface area contributed by atoms with E-state index in [2.05, 4.69) is 0 Å². The predicted molar refractivity (Wildman–Crippen MR) is 56.5 cm³/mol. The van der Waals surface area contributed by atoms with Gasteiger partial charge in [-0.1, -0.05) is 13.3 Å². The van der Waals surface area contributed by atoms with Crippen LogP contribution in [0, 0.1) is 0 Å². The molecule has 1 atom stereocenters. The molecule has 0 heterocycles. The number of ether oxygens (including phenoxy) is 2. The molecule has 0 aliphatic heterocycles. The molecule has 0 saturated carbocycles. The molecule has 0 fully saturated rings. The summed E-state index contributed by atoms with van der Waals surface area (Å²) >= 11 is 0. The Labute approximate surface area is 103 Å². The largest absolute Gasteiger partial charge is 0.453 e. The minimum atomic E-state index is -5.49. The van der Waals surface area contributed by atoms with Crippen LogP contribution in [0.25, 0.3) is 0 Å². The molecule has 0 radical (unpaired) electrons. The van der Waals surface area contributed by atoms with Gasteiger partial charge in [0.15, 0.2) is 6.29 Å². The van der Waals surface area contributed by atoms with E-state index in [9.17, 15) is 22.0 Å². The van der Waals surface area contributed by atoms with Crippen molar-refractivity contribution in [1.29, 1.82) is 0 Å². The Morgan fingerprint density at radius 2 is 1.44 bits per heavy atom. The molecular weight excluding hydrogens is 259 g/mol. The second kappa shape index (κ2) is 7.89. The summed E-state index contributed by atoms with van der Waals surface area (Å²) in [6.45, 7) is 3.86. The van der Waals surface area contributed by atoms with Crippen molar-refractivity contribution in [2.45, 2.75) is 57.9 Å². The van der Waals surface area contributed by atoms with E-state index in [1.54, 1.807) is 6.92 Å². The third-order valence-corrected chi connectivity index (χ3v) is 2.25. The fourth-order valence-electron chi connectivity index (χ4n) is 1.13. The predicted octanol–water partition coefficient (Wildman–Crippen LogP) is 4.14. The molecule has 110 valence electrons. The maximum atomic E-state index is 12.5. The van der Waals surface area contributed by atoms with Gasteiger partial charge >= 0.3 is 12.1 Å². The first-order chi connectivity index (χ1) is 8.20. The zero-order valence-corrected chi connectivity index (χ0v) is 10.5. The molecule has 0 aromatic rings. The molecule has 0 saturated heterocycles. The molecule has 7 heteroatoms. The van der Waals surface area contributed by atoms with Gasteiger partial charge in [-0.25, -0.2) is 0 Å². The van der Waals surface area contributed by atoms with Gasteiger partial charge in [0.1, 0.15) is 0 Å². The van der Waals surface area contributed by atoms with Crippen molar-refractivity contribution in [3.8, 4) is 0 Å². The van der Waals surface area contributed by atoms with E-state index < -0.39 is 24.8 Å². The van der Waals surface area contributed by atoms with Crippen LogP contribution in [0.15, 0.2) is 0 Å². The van der Waals surface area contributed by atoms with Crippen LogP contribution in [0.1, 0.15) is 39.5 Å². The van der Waals surface area contributed by atoms with Crippen molar-refractivity contribution in [1.82, 2.24) is 0 Å². The molecular formula is C11H19F5O2. The Morgan fingerprint density at radius 1 is 0.944 bits per heavy atom. The topological polar surface area (TPSA) is 18.5 Å². The maximum absolute atomic E-state index is 12.5. The highest BCUT2D eigenvalue weighted by Crippen LogP contribution is 2.38. The average molecular weight is 278 g/mol. The third kappa shape index (κ3) is 7.10. The Kier molecular flexibility index (Phi) is 7.70. The third-order valence-electron chi connectivity index (χ3n) is 2.25. The molecule has 2 nitrogen and oxygen atoms in total. The highest BCUT2D eigenvalue weighted by Gasteiger charge is 2.56. The molecule has 0 aliphatic rings. The van der Waals surface area contributed by atoms with E-state index in [1.807, 2.05) is 6.92 Å². The van der Waals surface area contributed by atoms with Crippen LogP contribution in [0.2, 0.25) is 0 Å². The lowest BCUT2D eigenvalue weighted by molar-refractivity contribution is -0.285. The Hall–Kier alpha value is -0.430. The number of rotatable bonds is 9. The summed E-state index contributed by atoms with van der Waals surface area (Å²) in [6.07, 6.45) is -5.91. The molecule has 0 rings (SSSR count). The van der Waals surface area contributed by atoms with Gasteiger partial charge in [0, 0.05) is 19.6 Å². The fourth-order valence-corrected chi connectivity index (χ4v) is 1.13. The summed E-state index contributed by atoms with van der Waals surface area (Å²) in [4.78, 5) is 0. The summed E-state index contributed by atoms with van der Waals surface area (Å²) in [5.74, 6) is -4.65. The van der Waals surface area contributed by atoms with Gasteiger partial charge in [0.2, 0.25) is 0 Å². The molecule has 0 unspecified atom stereocenters. The van der Waals surface area contributed by atoms with Crippen molar-refractivity contribution >= 4 is 0 Å². The van der Waals surface area contributed by atoms with E-state index in [0.29, 0.717) is 6.61 Å². The summed E-state index contributed by atoms with van der Waals surface area (Å²) < 4.78 is 70.5. The highest BCUT2D eigenvalue weighted by molar-refractivity contribution is 4.75. The van der Waals surface area contributed by atoms with Gasteiger partial charge in [0.05, 0.1) is 0 Å². The lowest BCUT2D eigenvalue weighted by Crippen LogP contribution is -2.36. The summed E-state index contributed by atoms with van der Waals surface area (Å²) in [5, 5.41) is 0. The van der Waals surface area contributed by atoms with E-state index in [0.717, 1.165) is 12.8 Å². The molecule has 0 aliphatic carbocycles. The first-order valence-electron chi connectivity index (χ1n) is 5.88. The van der Waals surface area contributed by atoms with E-state index in [4.69, 9.17) is 9.47 Å². The number of hydrogen-bond donors (Lipinski definition) is 0. The standard InChI is InChI=1S/C11H19F5O2/c1-3-4-7-17-9(2)18-8-5-6-10(12,13)11(14,15)16/h9H,3-8H2,1-2H3/t9-/m1/s1. The minimum Gasteiger partial charge on any atom is -0.353 e. The number of hydrogen-bond acceptors (Lipinski definition) is 2. The Morgan fingerprint density at radius 3 is 1.89 bits per heavy atom. The summed E-state index contributed by atoms with van der Waals surface area (Å²) in [7, 11) is 0. The number of halogens is 5. The highest BCUT2D eigenvalue weighted by atomic mass is 19.4. The molecule has 0 aromatic heterocycles. The SMILES string of the molecule is CCCCO[C@@H](C)OCCCC(F)(F)C(F)(F)F. The molecule has 0 amide bonds. The van der Waals surface area contributed by atoms with E-state index >= 15 is 0 Å². The van der Waals surface area contributed by atoms with E-state index in [1.165, 1.54) is 0 Å². The number of alkyl halides is 5. The van der Waals surface area contributed by atoms with Crippen molar-refractivity contribution < 1.29 is 31.4 Å². The van der Waals surface area contributed by atoms with Crippen LogP contribution in [-0.4, -0.2) is 31.6 Å². The van der Waals surface area contributed by atoms with E-state index in [-0.39, 0.29) is 13.0 Å². The van der Waals surface area contributed by atoms with Gasteiger partial charge in [-0.15, -0.1) is 0 Å². The van der Waals surface area contributed by atoms with Crippen LogP contribution in [0.5, 0.6) is 0 Å². The van der Waals surface area contributed by atoms with Gasteiger partial charge < -0.3 is 9.47 Å². The molecule has 0 N–H and O–H groups in total. The van der Waals surface area contributed by atoms with Crippen molar-refractivity contribution in [3.05, 3.63) is 0 Å². The lowest BCUT2D eigenvalue weighted by Gasteiger charge is -2.20. The zero-order valence-electron chi connectivity index (χ0n) is 10.5. The monoisotopic (exact) mass is 278 g/mol. The molecule has 18 heavy (non-hydrogen) atoms. The molecule has 0 spiro atoms. The van der Waals surface area contributed by atoms with Crippen LogP contribution in [-0.2, 0) is 9.47 Å². The van der Waals surface area contributed by atoms with Crippen molar-refractivity contribution in [3.63, 3.8) is 0 Å². The molecule has 0 aromatic carbocycles. The lowest BCUT2D eigenvalue weighted by atomic mass is 10.2. The fraction of sp³-hybridized carbons (Fsp3) is 1.00. The molecule has 0 bridgehead atoms. The summed E-state index contributed by atoms with van der Waals surface area (Å²) in [6, 6.07) is 0. The van der Waals surface area contributed by atoms with Crippen molar-refractivity contribution in [2.75, 3.05) is 13.2 Å². The first-order valence-corrected chi connectivity index (χ1v) is 5.88. The van der Waals surface area contributed by atoms with Gasteiger partial charge in [-0.3, -0.25) is 0 Å². The van der Waals surface area contributed by atoms with Gasteiger partial charge in [-0.05, 0) is 19.8 Å². The Balaban J connectivity index is 3.67. The van der Waals surface area contributed by atoms with Gasteiger partial charge in [-0.2, -0.15) is 22.0 Å². The second-order valence-electron chi connectivity index (χ2n) is 3.97. The van der Waals surface area contributed by atoms with Gasteiger partial charge in [0.25, 0.3) is 0 Å². The quantitative estimate of drug-likeness (QED) is 0.358. The second-order valence-corrected chi connectivity index (χ2v) is 3.97. The summed E-state index contributed by atoms with van der Waals surface area (Å²) in [5.41, 5.74) is 0.